The largest absolute Gasteiger partial charge is 0.493 e. The van der Waals surface area contributed by atoms with Gasteiger partial charge in [0.05, 0.1) is 13.0 Å². The molecule has 110 valence electrons. The molecule has 1 aromatic carbocycles. The van der Waals surface area contributed by atoms with Gasteiger partial charge in [0.1, 0.15) is 5.75 Å². The van der Waals surface area contributed by atoms with Gasteiger partial charge in [0.2, 0.25) is 5.91 Å². The van der Waals surface area contributed by atoms with Gasteiger partial charge in [-0.15, -0.1) is 0 Å². The van der Waals surface area contributed by atoms with E-state index in [2.05, 4.69) is 5.32 Å². The number of rotatable bonds is 5. The molecule has 1 amide bonds. The monoisotopic (exact) mass is 276 g/mol. The molecule has 1 fully saturated rings. The Morgan fingerprint density at radius 3 is 2.95 bits per heavy atom. The van der Waals surface area contributed by atoms with Crippen molar-refractivity contribution in [3.63, 3.8) is 0 Å². The Morgan fingerprint density at radius 1 is 1.40 bits per heavy atom. The number of hydrogen-bond acceptors (Lipinski definition) is 3. The second-order valence-electron chi connectivity index (χ2n) is 5.54. The van der Waals surface area contributed by atoms with E-state index < -0.39 is 0 Å². The maximum Gasteiger partial charge on any atom is 0.223 e. The summed E-state index contributed by atoms with van der Waals surface area (Å²) < 4.78 is 5.58. The summed E-state index contributed by atoms with van der Waals surface area (Å²) in [5.41, 5.74) is 7.17. The van der Waals surface area contributed by atoms with E-state index >= 15 is 0 Å². The SMILES string of the molecule is Cc1cccc(OCCC(=O)NC2CCCCC2N)c1. The average Bonchev–Trinajstić information content (AvgIpc) is 2.41. The smallest absolute Gasteiger partial charge is 0.223 e. The number of carbonyl (C=O) groups is 1. The van der Waals surface area contributed by atoms with Crippen LogP contribution in [0.3, 0.4) is 0 Å². The van der Waals surface area contributed by atoms with Gasteiger partial charge in [-0.25, -0.2) is 0 Å². The highest BCUT2D eigenvalue weighted by Crippen LogP contribution is 2.17. The first-order valence-electron chi connectivity index (χ1n) is 7.39. The van der Waals surface area contributed by atoms with Crippen molar-refractivity contribution in [2.75, 3.05) is 6.61 Å². The maximum absolute atomic E-state index is 11.9. The zero-order valence-electron chi connectivity index (χ0n) is 12.1. The molecule has 0 aromatic heterocycles. The van der Waals surface area contributed by atoms with Gasteiger partial charge in [0, 0.05) is 12.1 Å². The lowest BCUT2D eigenvalue weighted by atomic mass is 9.91. The van der Waals surface area contributed by atoms with Crippen LogP contribution in [0, 0.1) is 6.92 Å². The van der Waals surface area contributed by atoms with E-state index in [1.165, 1.54) is 6.42 Å². The summed E-state index contributed by atoms with van der Waals surface area (Å²) in [6.07, 6.45) is 4.69. The van der Waals surface area contributed by atoms with Gasteiger partial charge in [-0.1, -0.05) is 25.0 Å². The normalized spacial score (nSPS) is 22.3. The summed E-state index contributed by atoms with van der Waals surface area (Å²) in [7, 11) is 0. The summed E-state index contributed by atoms with van der Waals surface area (Å²) in [5.74, 6) is 0.840. The van der Waals surface area contributed by atoms with Crippen molar-refractivity contribution >= 4 is 5.91 Å². The lowest BCUT2D eigenvalue weighted by molar-refractivity contribution is -0.122. The molecule has 3 N–H and O–H groups in total. The number of nitrogens with one attached hydrogen (secondary N) is 1. The highest BCUT2D eigenvalue weighted by atomic mass is 16.5. The van der Waals surface area contributed by atoms with E-state index in [-0.39, 0.29) is 18.0 Å². The van der Waals surface area contributed by atoms with Gasteiger partial charge in [-0.05, 0) is 37.5 Å². The highest BCUT2D eigenvalue weighted by Gasteiger charge is 2.22. The summed E-state index contributed by atoms with van der Waals surface area (Å²) in [5, 5.41) is 3.02. The van der Waals surface area contributed by atoms with Gasteiger partial charge < -0.3 is 15.8 Å². The summed E-state index contributed by atoms with van der Waals surface area (Å²) in [6.45, 7) is 2.42. The van der Waals surface area contributed by atoms with Gasteiger partial charge in [-0.2, -0.15) is 0 Å². The minimum Gasteiger partial charge on any atom is -0.493 e. The Morgan fingerprint density at radius 2 is 2.20 bits per heavy atom. The van der Waals surface area contributed by atoms with E-state index in [0.29, 0.717) is 13.0 Å². The molecule has 2 atom stereocenters. The summed E-state index contributed by atoms with van der Waals surface area (Å²) >= 11 is 0. The van der Waals surface area contributed by atoms with Crippen molar-refractivity contribution in [1.29, 1.82) is 0 Å². The topological polar surface area (TPSA) is 64.3 Å². The first kappa shape index (κ1) is 14.9. The molecular formula is C16H24N2O2. The van der Waals surface area contributed by atoms with E-state index in [1.54, 1.807) is 0 Å². The minimum absolute atomic E-state index is 0.0278. The predicted octanol–water partition coefficient (Wildman–Crippen LogP) is 2.15. The number of aryl methyl sites for hydroxylation is 1. The van der Waals surface area contributed by atoms with Crippen LogP contribution in [0.1, 0.15) is 37.7 Å². The predicted molar refractivity (Wildman–Crippen MR) is 79.7 cm³/mol. The van der Waals surface area contributed by atoms with Crippen molar-refractivity contribution in [2.24, 2.45) is 5.73 Å². The Kier molecular flexibility index (Phi) is 5.41. The van der Waals surface area contributed by atoms with E-state index in [9.17, 15) is 4.79 Å². The second kappa shape index (κ2) is 7.29. The first-order chi connectivity index (χ1) is 9.65. The molecule has 2 unspecified atom stereocenters. The van der Waals surface area contributed by atoms with Crippen LogP contribution in [0.25, 0.3) is 0 Å². The van der Waals surface area contributed by atoms with Crippen molar-refractivity contribution in [2.45, 2.75) is 51.1 Å². The number of ether oxygens (including phenoxy) is 1. The molecule has 4 nitrogen and oxygen atoms in total. The van der Waals surface area contributed by atoms with E-state index in [4.69, 9.17) is 10.5 Å². The Balaban J connectivity index is 1.70. The molecule has 0 aliphatic heterocycles. The summed E-state index contributed by atoms with van der Waals surface area (Å²) in [4.78, 5) is 11.9. The van der Waals surface area contributed by atoms with E-state index in [0.717, 1.165) is 30.6 Å². The molecule has 0 radical (unpaired) electrons. The standard InChI is InChI=1S/C16H24N2O2/c1-12-5-4-6-13(11-12)20-10-9-16(19)18-15-8-3-2-7-14(15)17/h4-6,11,14-15H,2-3,7-10,17H2,1H3,(H,18,19). The molecule has 1 saturated carbocycles. The Labute approximate surface area is 120 Å². The van der Waals surface area contributed by atoms with Gasteiger partial charge >= 0.3 is 0 Å². The van der Waals surface area contributed by atoms with Crippen LogP contribution < -0.4 is 15.8 Å². The Bertz CT molecular complexity index is 448. The molecule has 20 heavy (non-hydrogen) atoms. The summed E-state index contributed by atoms with van der Waals surface area (Å²) in [6, 6.07) is 8.08. The quantitative estimate of drug-likeness (QED) is 0.866. The fourth-order valence-electron chi connectivity index (χ4n) is 2.58. The molecule has 2 rings (SSSR count). The molecule has 1 aromatic rings. The second-order valence-corrected chi connectivity index (χ2v) is 5.54. The molecule has 1 aliphatic carbocycles. The molecule has 0 spiro atoms. The zero-order valence-corrected chi connectivity index (χ0v) is 12.1. The van der Waals surface area contributed by atoms with Crippen molar-refractivity contribution in [3.8, 4) is 5.75 Å². The molecule has 0 saturated heterocycles. The molecule has 0 heterocycles. The molecular weight excluding hydrogens is 252 g/mol. The average molecular weight is 276 g/mol. The van der Waals surface area contributed by atoms with Gasteiger partial charge in [0.25, 0.3) is 0 Å². The molecule has 4 heteroatoms. The third-order valence-corrected chi connectivity index (χ3v) is 3.75. The number of benzene rings is 1. The van der Waals surface area contributed by atoms with Crippen LogP contribution in [-0.4, -0.2) is 24.6 Å². The van der Waals surface area contributed by atoms with Crippen molar-refractivity contribution in [1.82, 2.24) is 5.32 Å². The number of nitrogens with two attached hydrogens (primary N) is 1. The first-order valence-corrected chi connectivity index (χ1v) is 7.39. The third-order valence-electron chi connectivity index (χ3n) is 3.75. The Hall–Kier alpha value is -1.55. The fourth-order valence-corrected chi connectivity index (χ4v) is 2.58. The van der Waals surface area contributed by atoms with Crippen LogP contribution in [0.15, 0.2) is 24.3 Å². The molecule has 1 aliphatic rings. The zero-order chi connectivity index (χ0) is 14.4. The van der Waals surface area contributed by atoms with Gasteiger partial charge in [-0.3, -0.25) is 4.79 Å². The lowest BCUT2D eigenvalue weighted by Gasteiger charge is -2.29. The van der Waals surface area contributed by atoms with Crippen LogP contribution in [0.5, 0.6) is 5.75 Å². The van der Waals surface area contributed by atoms with Crippen LogP contribution >= 0.6 is 0 Å². The number of amides is 1. The minimum atomic E-state index is 0.0278. The van der Waals surface area contributed by atoms with Crippen LogP contribution in [0.4, 0.5) is 0 Å². The van der Waals surface area contributed by atoms with Crippen molar-refractivity contribution < 1.29 is 9.53 Å². The number of carbonyl (C=O) groups excluding carboxylic acids is 1. The van der Waals surface area contributed by atoms with Crippen LogP contribution in [-0.2, 0) is 4.79 Å². The van der Waals surface area contributed by atoms with Gasteiger partial charge in [0.15, 0.2) is 0 Å². The van der Waals surface area contributed by atoms with Crippen molar-refractivity contribution in [3.05, 3.63) is 29.8 Å². The number of hydrogen-bond donors (Lipinski definition) is 2. The third kappa shape index (κ3) is 4.53. The maximum atomic E-state index is 11.9. The lowest BCUT2D eigenvalue weighted by Crippen LogP contribution is -2.49. The van der Waals surface area contributed by atoms with Crippen LogP contribution in [0.2, 0.25) is 0 Å². The highest BCUT2D eigenvalue weighted by molar-refractivity contribution is 5.76. The van der Waals surface area contributed by atoms with E-state index in [1.807, 2.05) is 31.2 Å². The molecule has 0 bridgehead atoms. The fraction of sp³-hybridized carbons (Fsp3) is 0.562.